The number of hydrogen-bond acceptors (Lipinski definition) is 0. The third-order valence-corrected chi connectivity index (χ3v) is 5.96. The van der Waals surface area contributed by atoms with Gasteiger partial charge in [-0.15, -0.1) is 93.9 Å². The molecule has 6 aromatic rings. The van der Waals surface area contributed by atoms with Crippen molar-refractivity contribution in [1.29, 1.82) is 0 Å². The minimum absolute atomic E-state index is 0. The molecule has 6 rings (SSSR count). The van der Waals surface area contributed by atoms with E-state index in [9.17, 15) is 0 Å². The normalized spacial score (nSPS) is 9.18. The van der Waals surface area contributed by atoms with Gasteiger partial charge in [0.2, 0.25) is 0 Å². The van der Waals surface area contributed by atoms with E-state index in [1.54, 1.807) is 19.2 Å². The fourth-order valence-electron chi connectivity index (χ4n) is 4.51. The van der Waals surface area contributed by atoms with Crippen LogP contribution in [0.1, 0.15) is 11.1 Å². The summed E-state index contributed by atoms with van der Waals surface area (Å²) in [6.45, 7) is 4.30. The molecule has 2 radical (unpaired) electrons. The molecule has 0 heterocycles. The van der Waals surface area contributed by atoms with E-state index in [2.05, 4.69) is 143 Å². The van der Waals surface area contributed by atoms with E-state index in [1.807, 2.05) is 0 Å². The summed E-state index contributed by atoms with van der Waals surface area (Å²) in [7, 11) is 2.97. The topological polar surface area (TPSA) is 0 Å². The van der Waals surface area contributed by atoms with Crippen LogP contribution in [0.3, 0.4) is 0 Å². The monoisotopic (exact) mass is 588 g/mol. The molecule has 38 heavy (non-hydrogen) atoms. The molecule has 0 aliphatic rings. The van der Waals surface area contributed by atoms with Crippen LogP contribution >= 0.6 is 24.8 Å². The molecule has 0 unspecified atom stereocenters. The molecular formula is C34H34Cl2SiTi-4. The molecule has 0 N–H and O–H groups in total. The van der Waals surface area contributed by atoms with Crippen LogP contribution < -0.4 is 0 Å². The molecule has 0 nitrogen and oxygen atoms in total. The molecule has 0 saturated carbocycles. The summed E-state index contributed by atoms with van der Waals surface area (Å²) in [5.41, 5.74) is 7.89. The van der Waals surface area contributed by atoms with Crippen LogP contribution in [0, 0.1) is 28.7 Å². The number of halogens is 2. The average Bonchev–Trinajstić information content (AvgIpc) is 3.47. The molecule has 4 heteroatoms. The zero-order valence-electron chi connectivity index (χ0n) is 22.4. The molecule has 0 atom stereocenters. The fraction of sp³-hybridized carbons (Fsp3) is 0.0588. The second-order valence-electron chi connectivity index (χ2n) is 8.41. The van der Waals surface area contributed by atoms with Gasteiger partial charge in [-0.05, 0) is 11.1 Å². The van der Waals surface area contributed by atoms with Crippen LogP contribution in [-0.2, 0) is 19.2 Å². The number of hydrogen-bond donors (Lipinski definition) is 0. The Labute approximate surface area is 255 Å². The molecule has 0 saturated heterocycles. The van der Waals surface area contributed by atoms with Gasteiger partial charge < -0.3 is 14.9 Å². The van der Waals surface area contributed by atoms with Crippen molar-refractivity contribution < 1.29 is 19.2 Å². The van der Waals surface area contributed by atoms with Gasteiger partial charge in [-0.2, -0.15) is 12.1 Å². The van der Waals surface area contributed by atoms with Gasteiger partial charge in [0.25, 0.3) is 0 Å². The molecule has 6 aromatic carbocycles. The molecule has 0 bridgehead atoms. The van der Waals surface area contributed by atoms with Crippen molar-refractivity contribution in [3.05, 3.63) is 147 Å². The molecule has 196 valence electrons. The van der Waals surface area contributed by atoms with Gasteiger partial charge in [-0.1, -0.05) is 97.8 Å². The van der Waals surface area contributed by atoms with E-state index in [0.29, 0.717) is 0 Å². The summed E-state index contributed by atoms with van der Waals surface area (Å²) in [5, 5.41) is 5.37. The van der Waals surface area contributed by atoms with E-state index in [4.69, 9.17) is 0 Å². The van der Waals surface area contributed by atoms with Crippen molar-refractivity contribution in [3.63, 3.8) is 0 Å². The maximum absolute atomic E-state index is 2.97. The van der Waals surface area contributed by atoms with E-state index < -0.39 is 0 Å². The van der Waals surface area contributed by atoms with Crippen LogP contribution in [0.2, 0.25) is 0 Å². The molecule has 0 spiro atoms. The Morgan fingerprint density at radius 1 is 0.500 bits per heavy atom. The molecule has 0 amide bonds. The number of rotatable bonds is 2. The fourth-order valence-corrected chi connectivity index (χ4v) is 4.51. The third-order valence-electron chi connectivity index (χ3n) is 5.96. The molecule has 0 fully saturated rings. The van der Waals surface area contributed by atoms with E-state index in [-0.39, 0.29) is 39.7 Å². The Bertz CT molecular complexity index is 1390. The molecular weight excluding hydrogens is 555 g/mol. The maximum atomic E-state index is 2.97. The summed E-state index contributed by atoms with van der Waals surface area (Å²) < 4.78 is 0. The van der Waals surface area contributed by atoms with Crippen molar-refractivity contribution in [2.45, 2.75) is 13.8 Å². The second kappa shape index (κ2) is 17.2. The summed E-state index contributed by atoms with van der Waals surface area (Å²) in [5.74, 6) is 0. The quantitative estimate of drug-likeness (QED) is 0.139. The Morgan fingerprint density at radius 2 is 0.842 bits per heavy atom. The molecule has 0 aromatic heterocycles. The Balaban J connectivity index is 0.000000616. The third kappa shape index (κ3) is 8.30. The SMILES string of the molecule is Cc1cc2c(-c3ccccc3)cccc2[cH-]1.Cc1cc2c(-c3ccccc3)cccc2[cH-]1.Cl.Cl.[CH3-].[CH3-].[Si]=[Ti]. The first kappa shape index (κ1) is 35.6. The summed E-state index contributed by atoms with van der Waals surface area (Å²) in [6.07, 6.45) is 0. The first-order valence-corrected chi connectivity index (χ1v) is 14.2. The van der Waals surface area contributed by atoms with Crippen molar-refractivity contribution in [1.82, 2.24) is 0 Å². The zero-order chi connectivity index (χ0) is 23.9. The number of benzene rings is 4. The summed E-state index contributed by atoms with van der Waals surface area (Å²) in [6, 6.07) is 43.1. The van der Waals surface area contributed by atoms with E-state index >= 15 is 0 Å². The predicted octanol–water partition coefficient (Wildman–Crippen LogP) is 10.4. The van der Waals surface area contributed by atoms with Gasteiger partial charge >= 0.3 is 26.8 Å². The average molecular weight is 590 g/mol. The van der Waals surface area contributed by atoms with Gasteiger partial charge in [-0.25, -0.2) is 0 Å². The van der Waals surface area contributed by atoms with Gasteiger partial charge in [0.15, 0.2) is 0 Å². The Hall–Kier alpha value is -2.39. The molecule has 0 aliphatic heterocycles. The predicted molar refractivity (Wildman–Crippen MR) is 173 cm³/mol. The van der Waals surface area contributed by atoms with Crippen LogP contribution in [0.25, 0.3) is 43.8 Å². The second-order valence-corrected chi connectivity index (χ2v) is 8.41. The van der Waals surface area contributed by atoms with Crippen molar-refractivity contribution in [2.75, 3.05) is 0 Å². The minimum atomic E-state index is 0. The Kier molecular flexibility index (Phi) is 16.2. The number of aryl methyl sites for hydroxylation is 2. The Morgan fingerprint density at radius 3 is 1.18 bits per heavy atom. The number of fused-ring (bicyclic) bond motifs is 2. The first-order chi connectivity index (χ1) is 16.7. The van der Waals surface area contributed by atoms with Crippen LogP contribution in [0.5, 0.6) is 0 Å². The first-order valence-electron chi connectivity index (χ1n) is 11.4. The van der Waals surface area contributed by atoms with Crippen molar-refractivity contribution >= 4 is 54.0 Å². The van der Waals surface area contributed by atoms with Gasteiger partial charge in [0.05, 0.1) is 0 Å². The van der Waals surface area contributed by atoms with Crippen LogP contribution in [-0.4, -0.2) is 7.63 Å². The van der Waals surface area contributed by atoms with Gasteiger partial charge in [-0.3, -0.25) is 0 Å². The van der Waals surface area contributed by atoms with Crippen molar-refractivity contribution in [3.8, 4) is 22.3 Å². The van der Waals surface area contributed by atoms with E-state index in [1.165, 1.54) is 54.9 Å². The summed E-state index contributed by atoms with van der Waals surface area (Å²) >= 11 is 1.81. The van der Waals surface area contributed by atoms with Crippen LogP contribution in [0.4, 0.5) is 0 Å². The van der Waals surface area contributed by atoms with Gasteiger partial charge in [0, 0.05) is 0 Å². The van der Waals surface area contributed by atoms with Crippen molar-refractivity contribution in [2.24, 2.45) is 0 Å². The summed E-state index contributed by atoms with van der Waals surface area (Å²) in [4.78, 5) is 0. The molecule has 0 aliphatic carbocycles. The van der Waals surface area contributed by atoms with E-state index in [0.717, 1.165) is 0 Å². The standard InChI is InChI=1S/2C16H13.2CH3.2ClH.Si.Ti/c2*1-12-10-14-8-5-9-15(16(14)11-12)13-6-3-2-4-7-13;;;;;;/h2*2-11H,1H3;2*1H3;2*1H;;/q4*-1;;;;. The van der Waals surface area contributed by atoms with Gasteiger partial charge in [0.1, 0.15) is 0 Å². The van der Waals surface area contributed by atoms with Crippen LogP contribution in [0.15, 0.2) is 121 Å². The zero-order valence-corrected chi connectivity index (χ0v) is 26.6.